The van der Waals surface area contributed by atoms with Crippen molar-refractivity contribution in [3.8, 4) is 11.5 Å². The molecule has 4 rings (SSSR count). The third-order valence-electron chi connectivity index (χ3n) is 5.61. The van der Waals surface area contributed by atoms with Crippen LogP contribution in [0, 0.1) is 0 Å². The van der Waals surface area contributed by atoms with Gasteiger partial charge in [-0.1, -0.05) is 18.2 Å². The molecular formula is C23H26N2O4. The van der Waals surface area contributed by atoms with Crippen LogP contribution < -0.4 is 9.47 Å². The lowest BCUT2D eigenvalue weighted by Gasteiger charge is -2.27. The molecule has 0 aliphatic carbocycles. The van der Waals surface area contributed by atoms with Crippen LogP contribution in [0.2, 0.25) is 0 Å². The molecule has 2 amide bonds. The van der Waals surface area contributed by atoms with E-state index in [2.05, 4.69) is 0 Å². The Bertz CT molecular complexity index is 847. The minimum Gasteiger partial charge on any atom is -0.497 e. The monoisotopic (exact) mass is 394 g/mol. The molecule has 0 aromatic heterocycles. The summed E-state index contributed by atoms with van der Waals surface area (Å²) < 4.78 is 11.3. The Morgan fingerprint density at radius 3 is 2.28 bits per heavy atom. The van der Waals surface area contributed by atoms with Gasteiger partial charge in [0.1, 0.15) is 23.6 Å². The van der Waals surface area contributed by atoms with E-state index in [0.29, 0.717) is 24.3 Å². The van der Waals surface area contributed by atoms with Crippen molar-refractivity contribution in [3.63, 3.8) is 0 Å². The molecule has 2 aliphatic rings. The first-order valence-electron chi connectivity index (χ1n) is 10.1. The summed E-state index contributed by atoms with van der Waals surface area (Å²) in [5, 5.41) is 0. The lowest BCUT2D eigenvalue weighted by Crippen LogP contribution is -2.47. The van der Waals surface area contributed by atoms with Crippen molar-refractivity contribution in [2.75, 3.05) is 26.7 Å². The molecule has 6 nitrogen and oxygen atoms in total. The molecule has 0 N–H and O–H groups in total. The van der Waals surface area contributed by atoms with Crippen LogP contribution in [-0.2, 0) is 4.79 Å². The highest BCUT2D eigenvalue weighted by atomic mass is 16.5. The molecule has 0 saturated carbocycles. The van der Waals surface area contributed by atoms with Crippen molar-refractivity contribution in [2.45, 2.75) is 31.4 Å². The van der Waals surface area contributed by atoms with Gasteiger partial charge in [0.25, 0.3) is 5.91 Å². The molecule has 0 bridgehead atoms. The summed E-state index contributed by atoms with van der Waals surface area (Å²) in [5.74, 6) is 1.33. The summed E-state index contributed by atoms with van der Waals surface area (Å²) in [6.45, 7) is 1.93. The molecule has 2 aromatic carbocycles. The number of carbonyl (C=O) groups is 2. The number of ether oxygens (including phenoxy) is 2. The van der Waals surface area contributed by atoms with E-state index in [1.165, 1.54) is 0 Å². The molecular weight excluding hydrogens is 368 g/mol. The second kappa shape index (κ2) is 8.55. The van der Waals surface area contributed by atoms with Crippen LogP contribution in [0.3, 0.4) is 0 Å². The minimum absolute atomic E-state index is 0.0310. The van der Waals surface area contributed by atoms with Crippen LogP contribution in [-0.4, -0.2) is 60.5 Å². The number of likely N-dealkylation sites (tertiary alicyclic amines) is 2. The average molecular weight is 394 g/mol. The summed E-state index contributed by atoms with van der Waals surface area (Å²) in [5.41, 5.74) is 0.547. The zero-order valence-electron chi connectivity index (χ0n) is 16.6. The van der Waals surface area contributed by atoms with Gasteiger partial charge in [0.05, 0.1) is 13.7 Å². The summed E-state index contributed by atoms with van der Waals surface area (Å²) in [7, 11) is 1.59. The highest BCUT2D eigenvalue weighted by molar-refractivity contribution is 5.98. The summed E-state index contributed by atoms with van der Waals surface area (Å²) >= 11 is 0. The van der Waals surface area contributed by atoms with Crippen LogP contribution in [0.15, 0.2) is 54.6 Å². The maximum Gasteiger partial charge on any atom is 0.254 e. The smallest absolute Gasteiger partial charge is 0.254 e. The lowest BCUT2D eigenvalue weighted by molar-refractivity contribution is -0.134. The highest BCUT2D eigenvalue weighted by Crippen LogP contribution is 2.27. The molecule has 2 heterocycles. The first-order chi connectivity index (χ1) is 14.2. The number of methoxy groups -OCH3 is 1. The minimum atomic E-state index is -0.489. The van der Waals surface area contributed by atoms with Crippen molar-refractivity contribution in [2.24, 2.45) is 0 Å². The van der Waals surface area contributed by atoms with E-state index in [0.717, 1.165) is 31.7 Å². The van der Waals surface area contributed by atoms with Crippen molar-refractivity contribution < 1.29 is 19.1 Å². The number of nitrogens with zero attached hydrogens (tertiary/aromatic N) is 2. The van der Waals surface area contributed by atoms with E-state index in [4.69, 9.17) is 9.47 Å². The fourth-order valence-electron chi connectivity index (χ4n) is 4.08. The topological polar surface area (TPSA) is 59.1 Å². The molecule has 2 fully saturated rings. The Kier molecular flexibility index (Phi) is 5.69. The molecule has 2 aliphatic heterocycles. The van der Waals surface area contributed by atoms with E-state index in [1.54, 1.807) is 36.3 Å². The van der Waals surface area contributed by atoms with Crippen LogP contribution in [0.5, 0.6) is 11.5 Å². The molecule has 2 atom stereocenters. The Balaban J connectivity index is 1.55. The summed E-state index contributed by atoms with van der Waals surface area (Å²) in [4.78, 5) is 29.9. The third kappa shape index (κ3) is 4.21. The van der Waals surface area contributed by atoms with Crippen molar-refractivity contribution >= 4 is 11.8 Å². The molecule has 6 heteroatoms. The highest BCUT2D eigenvalue weighted by Gasteiger charge is 2.43. The van der Waals surface area contributed by atoms with Gasteiger partial charge in [-0.3, -0.25) is 9.59 Å². The van der Waals surface area contributed by atoms with Crippen molar-refractivity contribution in [3.05, 3.63) is 60.2 Å². The second-order valence-corrected chi connectivity index (χ2v) is 7.52. The number of hydrogen-bond donors (Lipinski definition) is 0. The van der Waals surface area contributed by atoms with Gasteiger partial charge in [-0.15, -0.1) is 0 Å². The number of para-hydroxylation sites is 1. The van der Waals surface area contributed by atoms with E-state index < -0.39 is 6.04 Å². The predicted octanol–water partition coefficient (Wildman–Crippen LogP) is 2.98. The maximum absolute atomic E-state index is 13.2. The number of amides is 2. The Morgan fingerprint density at radius 1 is 0.931 bits per heavy atom. The zero-order valence-corrected chi connectivity index (χ0v) is 16.6. The molecule has 2 saturated heterocycles. The average Bonchev–Trinajstić information content (AvgIpc) is 3.44. The molecule has 29 heavy (non-hydrogen) atoms. The quantitative estimate of drug-likeness (QED) is 0.782. The standard InChI is InChI=1S/C23H26N2O4/c1-28-18-11-9-17(10-12-18)22(26)25-16-20(29-19-7-3-2-4-8-19)15-21(25)23(27)24-13-5-6-14-24/h2-4,7-12,20-21H,5-6,13-16H2,1H3. The number of carbonyl (C=O) groups excluding carboxylic acids is 2. The molecule has 0 radical (unpaired) electrons. The van der Waals surface area contributed by atoms with Gasteiger partial charge in [-0.25, -0.2) is 0 Å². The lowest BCUT2D eigenvalue weighted by atomic mass is 10.1. The fraction of sp³-hybridized carbons (Fsp3) is 0.391. The zero-order chi connectivity index (χ0) is 20.2. The Labute approximate surface area is 171 Å². The van der Waals surface area contributed by atoms with E-state index in [9.17, 15) is 9.59 Å². The van der Waals surface area contributed by atoms with Crippen molar-refractivity contribution in [1.82, 2.24) is 9.80 Å². The molecule has 152 valence electrons. The largest absolute Gasteiger partial charge is 0.497 e. The first kappa shape index (κ1) is 19.3. The Morgan fingerprint density at radius 2 is 1.62 bits per heavy atom. The van der Waals surface area contributed by atoms with E-state index >= 15 is 0 Å². The molecule has 2 unspecified atom stereocenters. The van der Waals surface area contributed by atoms with Crippen molar-refractivity contribution in [1.29, 1.82) is 0 Å². The van der Waals surface area contributed by atoms with Gasteiger partial charge in [0.2, 0.25) is 5.91 Å². The van der Waals surface area contributed by atoms with Gasteiger partial charge in [-0.2, -0.15) is 0 Å². The predicted molar refractivity (Wildman–Crippen MR) is 109 cm³/mol. The number of rotatable bonds is 5. The molecule has 2 aromatic rings. The van der Waals surface area contributed by atoms with Crippen LogP contribution in [0.4, 0.5) is 0 Å². The van der Waals surface area contributed by atoms with Gasteiger partial charge < -0.3 is 19.3 Å². The number of benzene rings is 2. The second-order valence-electron chi connectivity index (χ2n) is 7.52. The summed E-state index contributed by atoms with van der Waals surface area (Å²) in [6.07, 6.45) is 2.34. The maximum atomic E-state index is 13.2. The molecule has 0 spiro atoms. The SMILES string of the molecule is COc1ccc(C(=O)N2CC(Oc3ccccc3)CC2C(=O)N2CCCC2)cc1. The third-order valence-corrected chi connectivity index (χ3v) is 5.61. The Hall–Kier alpha value is -3.02. The number of hydrogen-bond acceptors (Lipinski definition) is 4. The van der Waals surface area contributed by atoms with E-state index in [1.807, 2.05) is 35.2 Å². The normalized spacial score (nSPS) is 21.3. The van der Waals surface area contributed by atoms with Gasteiger partial charge >= 0.3 is 0 Å². The van der Waals surface area contributed by atoms with Gasteiger partial charge in [-0.05, 0) is 49.2 Å². The van der Waals surface area contributed by atoms with E-state index in [-0.39, 0.29) is 17.9 Å². The first-order valence-corrected chi connectivity index (χ1v) is 10.1. The van der Waals surface area contributed by atoms with Gasteiger partial charge in [0, 0.05) is 25.1 Å². The van der Waals surface area contributed by atoms with Crippen LogP contribution in [0.25, 0.3) is 0 Å². The van der Waals surface area contributed by atoms with Gasteiger partial charge in [0.15, 0.2) is 0 Å². The van der Waals surface area contributed by atoms with Crippen LogP contribution >= 0.6 is 0 Å². The fourth-order valence-corrected chi connectivity index (χ4v) is 4.08. The summed E-state index contributed by atoms with van der Waals surface area (Å²) in [6, 6.07) is 16.1. The van der Waals surface area contributed by atoms with Crippen LogP contribution in [0.1, 0.15) is 29.6 Å².